The van der Waals surface area contributed by atoms with Crippen LogP contribution < -0.4 is 15.7 Å². The van der Waals surface area contributed by atoms with Crippen molar-refractivity contribution in [3.63, 3.8) is 0 Å². The number of halogens is 2. The average molecular weight is 473 g/mol. The zero-order chi connectivity index (χ0) is 24.5. The van der Waals surface area contributed by atoms with Crippen LogP contribution in [0.1, 0.15) is 11.1 Å². The molecule has 9 heteroatoms. The summed E-state index contributed by atoms with van der Waals surface area (Å²) >= 11 is 0. The van der Waals surface area contributed by atoms with E-state index < -0.39 is 17.3 Å². The Labute approximate surface area is 199 Å². The van der Waals surface area contributed by atoms with Gasteiger partial charge in [0.1, 0.15) is 22.9 Å². The number of aryl methyl sites for hydroxylation is 1. The number of fused-ring (bicyclic) bond motifs is 1. The maximum absolute atomic E-state index is 14.4. The third-order valence-corrected chi connectivity index (χ3v) is 5.67. The fraction of sp³-hybridized carbons (Fsp3) is 0.115. The van der Waals surface area contributed by atoms with Crippen LogP contribution in [0.5, 0.6) is 5.75 Å². The van der Waals surface area contributed by atoms with Gasteiger partial charge in [-0.15, -0.1) is 0 Å². The van der Waals surface area contributed by atoms with Crippen molar-refractivity contribution in [2.75, 3.05) is 12.4 Å². The van der Waals surface area contributed by atoms with Crippen LogP contribution in [0.3, 0.4) is 0 Å². The molecule has 2 aromatic heterocycles. The number of hydrogen-bond acceptors (Lipinski definition) is 5. The third-order valence-electron chi connectivity index (χ3n) is 5.67. The Morgan fingerprint density at radius 2 is 1.71 bits per heavy atom. The van der Waals surface area contributed by atoms with Gasteiger partial charge in [0.05, 0.1) is 25.5 Å². The molecule has 0 radical (unpaired) electrons. The maximum atomic E-state index is 14.4. The smallest absolute Gasteiger partial charge is 0.335 e. The Morgan fingerprint density at radius 3 is 2.43 bits per heavy atom. The second kappa shape index (κ2) is 9.02. The largest absolute Gasteiger partial charge is 0.497 e. The zero-order valence-electron chi connectivity index (χ0n) is 19.0. The molecule has 5 aromatic rings. The van der Waals surface area contributed by atoms with Crippen molar-refractivity contribution in [1.82, 2.24) is 19.1 Å². The first-order valence-electron chi connectivity index (χ1n) is 10.8. The molecule has 176 valence electrons. The number of hydrogen-bond donors (Lipinski definition) is 1. The van der Waals surface area contributed by atoms with Gasteiger partial charge < -0.3 is 10.1 Å². The number of nitrogens with zero attached hydrogens (tertiary/aromatic N) is 4. The van der Waals surface area contributed by atoms with Crippen molar-refractivity contribution in [3.8, 4) is 11.4 Å². The Hall–Kier alpha value is -4.53. The van der Waals surface area contributed by atoms with Crippen molar-refractivity contribution in [2.24, 2.45) is 0 Å². The van der Waals surface area contributed by atoms with Gasteiger partial charge in [-0.2, -0.15) is 4.98 Å². The number of nitrogens with one attached hydrogen (secondary N) is 1. The summed E-state index contributed by atoms with van der Waals surface area (Å²) in [5.74, 6) is -0.662. The number of aromatic nitrogens is 4. The highest BCUT2D eigenvalue weighted by atomic mass is 19.1. The number of benzene rings is 3. The van der Waals surface area contributed by atoms with Crippen LogP contribution >= 0.6 is 0 Å². The van der Waals surface area contributed by atoms with E-state index in [4.69, 9.17) is 4.74 Å². The molecule has 0 amide bonds. The summed E-state index contributed by atoms with van der Waals surface area (Å²) in [4.78, 5) is 22.5. The van der Waals surface area contributed by atoms with Crippen LogP contribution in [0.25, 0.3) is 16.9 Å². The molecule has 0 fully saturated rings. The van der Waals surface area contributed by atoms with Gasteiger partial charge in [-0.1, -0.05) is 29.8 Å². The Kier molecular flexibility index (Phi) is 5.74. The van der Waals surface area contributed by atoms with Gasteiger partial charge in [0.15, 0.2) is 5.65 Å². The molecule has 0 aliphatic heterocycles. The maximum Gasteiger partial charge on any atom is 0.335 e. The fourth-order valence-electron chi connectivity index (χ4n) is 3.84. The number of anilines is 2. The predicted molar refractivity (Wildman–Crippen MR) is 130 cm³/mol. The van der Waals surface area contributed by atoms with E-state index in [2.05, 4.69) is 15.3 Å². The Bertz CT molecular complexity index is 1570. The van der Waals surface area contributed by atoms with E-state index in [1.54, 1.807) is 24.3 Å². The van der Waals surface area contributed by atoms with Crippen LogP contribution in [0.15, 0.2) is 77.7 Å². The lowest BCUT2D eigenvalue weighted by atomic mass is 10.2. The SMILES string of the molecule is COc1cccc(-n2c(=O)n(Cc3c(F)cccc3F)c3cnc(Nc4ccc(C)cc4)nc32)c1. The van der Waals surface area contributed by atoms with E-state index in [-0.39, 0.29) is 23.7 Å². The van der Waals surface area contributed by atoms with E-state index >= 15 is 0 Å². The minimum Gasteiger partial charge on any atom is -0.497 e. The Balaban J connectivity index is 1.69. The highest BCUT2D eigenvalue weighted by Gasteiger charge is 2.20. The molecular weight excluding hydrogens is 452 g/mol. The van der Waals surface area contributed by atoms with Gasteiger partial charge in [-0.3, -0.25) is 4.57 Å². The molecule has 1 N–H and O–H groups in total. The van der Waals surface area contributed by atoms with Crippen LogP contribution in [0.4, 0.5) is 20.4 Å². The van der Waals surface area contributed by atoms with E-state index in [1.165, 1.54) is 28.5 Å². The van der Waals surface area contributed by atoms with E-state index in [1.807, 2.05) is 31.2 Å². The topological polar surface area (TPSA) is 74.0 Å². The van der Waals surface area contributed by atoms with Gasteiger partial charge in [-0.05, 0) is 43.3 Å². The standard InChI is InChI=1S/C26H21F2N5O2/c1-16-9-11-17(12-10-16)30-25-29-14-23-24(31-25)33(18-5-3-6-19(13-18)35-2)26(34)32(23)15-20-21(27)7-4-8-22(20)28/h3-14H,15H2,1-2H3,(H,29,30,31). The molecule has 35 heavy (non-hydrogen) atoms. The van der Waals surface area contributed by atoms with Crippen molar-refractivity contribution in [3.05, 3.63) is 106 Å². The van der Waals surface area contributed by atoms with Gasteiger partial charge in [0, 0.05) is 17.3 Å². The summed E-state index contributed by atoms with van der Waals surface area (Å²) in [7, 11) is 1.53. The second-order valence-electron chi connectivity index (χ2n) is 8.00. The number of ether oxygens (including phenoxy) is 1. The summed E-state index contributed by atoms with van der Waals surface area (Å²) in [6.07, 6.45) is 1.47. The molecule has 0 saturated heterocycles. The molecule has 2 heterocycles. The predicted octanol–water partition coefficient (Wildman–Crippen LogP) is 4.97. The van der Waals surface area contributed by atoms with Gasteiger partial charge >= 0.3 is 5.69 Å². The molecule has 0 unspecified atom stereocenters. The second-order valence-corrected chi connectivity index (χ2v) is 8.00. The summed E-state index contributed by atoms with van der Waals surface area (Å²) < 4.78 is 36.8. The van der Waals surface area contributed by atoms with Crippen molar-refractivity contribution in [1.29, 1.82) is 0 Å². The monoisotopic (exact) mass is 473 g/mol. The lowest BCUT2D eigenvalue weighted by Crippen LogP contribution is -2.24. The number of imidazole rings is 1. The molecular formula is C26H21F2N5O2. The lowest BCUT2D eigenvalue weighted by Gasteiger charge is -2.07. The highest BCUT2D eigenvalue weighted by Crippen LogP contribution is 2.23. The van der Waals surface area contributed by atoms with E-state index in [9.17, 15) is 13.6 Å². The van der Waals surface area contributed by atoms with Crippen molar-refractivity contribution >= 4 is 22.8 Å². The van der Waals surface area contributed by atoms with E-state index in [0.717, 1.165) is 23.4 Å². The first-order valence-corrected chi connectivity index (χ1v) is 10.8. The fourth-order valence-corrected chi connectivity index (χ4v) is 3.84. The van der Waals surface area contributed by atoms with Crippen LogP contribution in [0, 0.1) is 18.6 Å². The molecule has 0 aliphatic rings. The van der Waals surface area contributed by atoms with E-state index in [0.29, 0.717) is 17.0 Å². The third kappa shape index (κ3) is 4.23. The first kappa shape index (κ1) is 22.3. The average Bonchev–Trinajstić information content (AvgIpc) is 3.13. The van der Waals surface area contributed by atoms with Crippen LogP contribution in [-0.4, -0.2) is 26.2 Å². The normalized spacial score (nSPS) is 11.1. The van der Waals surface area contributed by atoms with Gasteiger partial charge in [0.25, 0.3) is 0 Å². The minimum absolute atomic E-state index is 0.221. The number of rotatable bonds is 6. The minimum atomic E-state index is -0.738. The molecule has 5 rings (SSSR count). The highest BCUT2D eigenvalue weighted by molar-refractivity contribution is 5.75. The summed E-state index contributed by atoms with van der Waals surface area (Å²) in [6, 6.07) is 18.2. The zero-order valence-corrected chi connectivity index (χ0v) is 19.0. The summed E-state index contributed by atoms with van der Waals surface area (Å²) in [5.41, 5.74) is 2.25. The quantitative estimate of drug-likeness (QED) is 0.377. The Morgan fingerprint density at radius 1 is 1.00 bits per heavy atom. The van der Waals surface area contributed by atoms with Crippen LogP contribution in [0.2, 0.25) is 0 Å². The summed E-state index contributed by atoms with van der Waals surface area (Å²) in [6.45, 7) is 1.67. The first-order chi connectivity index (χ1) is 16.9. The molecule has 0 spiro atoms. The number of methoxy groups -OCH3 is 1. The van der Waals surface area contributed by atoms with Gasteiger partial charge in [-0.25, -0.2) is 23.1 Å². The molecule has 7 nitrogen and oxygen atoms in total. The van der Waals surface area contributed by atoms with Crippen molar-refractivity contribution in [2.45, 2.75) is 13.5 Å². The van der Waals surface area contributed by atoms with Gasteiger partial charge in [0.2, 0.25) is 5.95 Å². The van der Waals surface area contributed by atoms with Crippen molar-refractivity contribution < 1.29 is 13.5 Å². The molecule has 0 aliphatic carbocycles. The molecule has 0 atom stereocenters. The summed E-state index contributed by atoms with van der Waals surface area (Å²) in [5, 5.41) is 3.13. The van der Waals surface area contributed by atoms with Crippen LogP contribution in [-0.2, 0) is 6.54 Å². The lowest BCUT2D eigenvalue weighted by molar-refractivity contribution is 0.414. The molecule has 0 bridgehead atoms. The molecule has 3 aromatic carbocycles. The molecule has 0 saturated carbocycles.